The molecule has 1 aliphatic rings. The Morgan fingerprint density at radius 3 is 2.63 bits per heavy atom. The number of halogens is 1. The lowest BCUT2D eigenvalue weighted by atomic mass is 9.96. The van der Waals surface area contributed by atoms with E-state index in [0.29, 0.717) is 5.56 Å². The molecule has 19 heavy (non-hydrogen) atoms. The minimum atomic E-state index is -3.59. The molecule has 1 aromatic rings. The summed E-state index contributed by atoms with van der Waals surface area (Å²) >= 11 is 0. The van der Waals surface area contributed by atoms with Gasteiger partial charge in [0, 0.05) is 17.9 Å². The lowest BCUT2D eigenvalue weighted by molar-refractivity contribution is 0.351. The average Bonchev–Trinajstić information content (AvgIpc) is 2.37. The molecule has 1 saturated heterocycles. The summed E-state index contributed by atoms with van der Waals surface area (Å²) < 4.78 is 42.3. The molecule has 1 N–H and O–H groups in total. The van der Waals surface area contributed by atoms with E-state index in [1.54, 1.807) is 6.07 Å². The van der Waals surface area contributed by atoms with Gasteiger partial charge >= 0.3 is 0 Å². The summed E-state index contributed by atoms with van der Waals surface area (Å²) in [7, 11) is -2.23. The molecule has 2 rings (SSSR count). The third kappa shape index (κ3) is 2.90. The van der Waals surface area contributed by atoms with Gasteiger partial charge in [0.05, 0.1) is 7.11 Å². The molecule has 0 spiro atoms. The fraction of sp³-hybridized carbons (Fsp3) is 0.538. The standard InChI is InChI=1S/C13H18FNO3S/c1-18-13-9(10-5-3-4-8-15-10)6-7-11(12(13)14)19(2,16)17/h6-7,10,15H,3-5,8H2,1-2H3. The van der Waals surface area contributed by atoms with E-state index in [9.17, 15) is 12.8 Å². The number of nitrogens with one attached hydrogen (secondary N) is 1. The monoisotopic (exact) mass is 287 g/mol. The second-order valence-electron chi connectivity index (χ2n) is 4.77. The molecule has 1 heterocycles. The first kappa shape index (κ1) is 14.3. The summed E-state index contributed by atoms with van der Waals surface area (Å²) in [5.41, 5.74) is 0.687. The van der Waals surface area contributed by atoms with Crippen molar-refractivity contribution in [2.45, 2.75) is 30.2 Å². The quantitative estimate of drug-likeness (QED) is 0.924. The molecule has 1 atom stereocenters. The highest BCUT2D eigenvalue weighted by Gasteiger charge is 2.25. The highest BCUT2D eigenvalue weighted by Crippen LogP contribution is 2.35. The van der Waals surface area contributed by atoms with Gasteiger partial charge in [0.15, 0.2) is 21.4 Å². The maximum atomic E-state index is 14.3. The van der Waals surface area contributed by atoms with Gasteiger partial charge in [-0.2, -0.15) is 0 Å². The van der Waals surface area contributed by atoms with Crippen molar-refractivity contribution in [3.05, 3.63) is 23.5 Å². The Labute approximate surface area is 112 Å². The normalized spacial score (nSPS) is 20.3. The highest BCUT2D eigenvalue weighted by atomic mass is 32.2. The third-order valence-electron chi connectivity index (χ3n) is 3.38. The SMILES string of the molecule is COc1c(C2CCCCN2)ccc(S(C)(=O)=O)c1F. The Hall–Kier alpha value is -1.14. The van der Waals surface area contributed by atoms with E-state index in [0.717, 1.165) is 32.1 Å². The predicted molar refractivity (Wildman–Crippen MR) is 70.7 cm³/mol. The van der Waals surface area contributed by atoms with Crippen molar-refractivity contribution in [2.24, 2.45) is 0 Å². The first-order chi connectivity index (χ1) is 8.95. The number of sulfone groups is 1. The van der Waals surface area contributed by atoms with Crippen molar-refractivity contribution in [3.8, 4) is 5.75 Å². The van der Waals surface area contributed by atoms with Gasteiger partial charge in [0.1, 0.15) is 4.90 Å². The molecular weight excluding hydrogens is 269 g/mol. The minimum absolute atomic E-state index is 0.0202. The van der Waals surface area contributed by atoms with Gasteiger partial charge in [-0.05, 0) is 25.5 Å². The number of methoxy groups -OCH3 is 1. The molecule has 106 valence electrons. The summed E-state index contributed by atoms with van der Waals surface area (Å²) in [5.74, 6) is -0.766. The zero-order valence-corrected chi connectivity index (χ0v) is 11.9. The number of benzene rings is 1. The summed E-state index contributed by atoms with van der Waals surface area (Å²) in [6.07, 6.45) is 4.05. The van der Waals surface area contributed by atoms with Crippen molar-refractivity contribution in [1.82, 2.24) is 5.32 Å². The Bertz CT molecular complexity index is 565. The zero-order valence-electron chi connectivity index (χ0n) is 11.1. The van der Waals surface area contributed by atoms with Crippen LogP contribution in [0.15, 0.2) is 17.0 Å². The van der Waals surface area contributed by atoms with Crippen molar-refractivity contribution in [2.75, 3.05) is 19.9 Å². The van der Waals surface area contributed by atoms with Crippen molar-refractivity contribution >= 4 is 9.84 Å². The van der Waals surface area contributed by atoms with Crippen molar-refractivity contribution < 1.29 is 17.5 Å². The summed E-state index contributed by atoms with van der Waals surface area (Å²) in [6, 6.07) is 2.98. The van der Waals surface area contributed by atoms with E-state index in [1.807, 2.05) is 0 Å². The fourth-order valence-corrected chi connectivity index (χ4v) is 3.17. The molecule has 6 heteroatoms. The van der Waals surface area contributed by atoms with E-state index in [2.05, 4.69) is 5.32 Å². The zero-order chi connectivity index (χ0) is 14.0. The molecule has 1 aromatic carbocycles. The molecule has 4 nitrogen and oxygen atoms in total. The van der Waals surface area contributed by atoms with Gasteiger partial charge < -0.3 is 10.1 Å². The van der Waals surface area contributed by atoms with Crippen LogP contribution in [-0.2, 0) is 9.84 Å². The van der Waals surface area contributed by atoms with Crippen molar-refractivity contribution in [1.29, 1.82) is 0 Å². The maximum Gasteiger partial charge on any atom is 0.183 e. The minimum Gasteiger partial charge on any atom is -0.493 e. The maximum absolute atomic E-state index is 14.3. The van der Waals surface area contributed by atoms with Crippen LogP contribution in [0.2, 0.25) is 0 Å². The van der Waals surface area contributed by atoms with Gasteiger partial charge in [-0.25, -0.2) is 12.8 Å². The highest BCUT2D eigenvalue weighted by molar-refractivity contribution is 7.90. The smallest absolute Gasteiger partial charge is 0.183 e. The fourth-order valence-electron chi connectivity index (χ4n) is 2.44. The number of piperidine rings is 1. The van der Waals surface area contributed by atoms with E-state index < -0.39 is 15.7 Å². The number of hydrogen-bond donors (Lipinski definition) is 1. The van der Waals surface area contributed by atoms with E-state index >= 15 is 0 Å². The lowest BCUT2D eigenvalue weighted by Crippen LogP contribution is -2.27. The molecule has 0 aromatic heterocycles. The van der Waals surface area contributed by atoms with Gasteiger partial charge in [-0.15, -0.1) is 0 Å². The second kappa shape index (κ2) is 5.46. The van der Waals surface area contributed by atoms with Crippen LogP contribution in [0.1, 0.15) is 30.9 Å². The van der Waals surface area contributed by atoms with Crippen molar-refractivity contribution in [3.63, 3.8) is 0 Å². The molecule has 0 bridgehead atoms. The Morgan fingerprint density at radius 2 is 2.11 bits per heavy atom. The topological polar surface area (TPSA) is 55.4 Å². The van der Waals surface area contributed by atoms with Gasteiger partial charge in [-0.3, -0.25) is 0 Å². The van der Waals surface area contributed by atoms with E-state index in [1.165, 1.54) is 13.2 Å². The number of ether oxygens (including phenoxy) is 1. The van der Waals surface area contributed by atoms with Crippen LogP contribution >= 0.6 is 0 Å². The molecule has 1 fully saturated rings. The Kier molecular flexibility index (Phi) is 4.10. The Balaban J connectivity index is 2.49. The van der Waals surface area contributed by atoms with Crippen LogP contribution < -0.4 is 10.1 Å². The molecule has 0 aliphatic carbocycles. The van der Waals surface area contributed by atoms with Crippen LogP contribution in [0.25, 0.3) is 0 Å². The average molecular weight is 287 g/mol. The predicted octanol–water partition coefficient (Wildman–Crippen LogP) is 2.05. The summed E-state index contributed by atoms with van der Waals surface area (Å²) in [5, 5.41) is 3.30. The molecule has 0 amide bonds. The number of hydrogen-bond acceptors (Lipinski definition) is 4. The van der Waals surface area contributed by atoms with Crippen LogP contribution in [0, 0.1) is 5.82 Å². The van der Waals surface area contributed by atoms with Crippen LogP contribution in [0.5, 0.6) is 5.75 Å². The Morgan fingerprint density at radius 1 is 1.37 bits per heavy atom. The van der Waals surface area contributed by atoms with Crippen LogP contribution in [0.4, 0.5) is 4.39 Å². The largest absolute Gasteiger partial charge is 0.493 e. The van der Waals surface area contributed by atoms with Gasteiger partial charge in [0.25, 0.3) is 0 Å². The third-order valence-corrected chi connectivity index (χ3v) is 4.50. The summed E-state index contributed by atoms with van der Waals surface area (Å²) in [6.45, 7) is 0.878. The lowest BCUT2D eigenvalue weighted by Gasteiger charge is -2.25. The molecule has 1 aliphatic heterocycles. The second-order valence-corrected chi connectivity index (χ2v) is 6.76. The molecule has 0 radical (unpaired) electrons. The van der Waals surface area contributed by atoms with Gasteiger partial charge in [0.2, 0.25) is 0 Å². The van der Waals surface area contributed by atoms with Crippen LogP contribution in [-0.4, -0.2) is 28.3 Å². The molecular formula is C13H18FNO3S. The van der Waals surface area contributed by atoms with Gasteiger partial charge in [-0.1, -0.05) is 12.5 Å². The van der Waals surface area contributed by atoms with E-state index in [-0.39, 0.29) is 16.7 Å². The number of rotatable bonds is 3. The van der Waals surface area contributed by atoms with Crippen LogP contribution in [0.3, 0.4) is 0 Å². The molecule has 1 unspecified atom stereocenters. The molecule has 0 saturated carbocycles. The first-order valence-corrected chi connectivity index (χ1v) is 8.14. The van der Waals surface area contributed by atoms with E-state index in [4.69, 9.17) is 4.74 Å². The summed E-state index contributed by atoms with van der Waals surface area (Å²) in [4.78, 5) is -0.316. The first-order valence-electron chi connectivity index (χ1n) is 6.25.